The number of fused-ring (bicyclic) bond motifs is 12. The Kier molecular flexibility index (Phi) is 18.0. The van der Waals surface area contributed by atoms with Gasteiger partial charge in [-0.2, -0.15) is 0 Å². The van der Waals surface area contributed by atoms with Gasteiger partial charge in [-0.15, -0.1) is 0 Å². The van der Waals surface area contributed by atoms with Crippen LogP contribution >= 0.6 is 0 Å². The number of furan rings is 2. The Morgan fingerprint density at radius 1 is 0.153 bits per heavy atom. The van der Waals surface area contributed by atoms with Gasteiger partial charge in [0.15, 0.2) is 34.9 Å². The fourth-order valence-corrected chi connectivity index (χ4v) is 17.9. The first-order valence-electron chi connectivity index (χ1n) is 41.7. The van der Waals surface area contributed by atoms with Crippen molar-refractivity contribution in [2.45, 2.75) is 0 Å². The Labute approximate surface area is 713 Å². The van der Waals surface area contributed by atoms with E-state index >= 15 is 0 Å². The van der Waals surface area contributed by atoms with Gasteiger partial charge in [-0.25, -0.2) is 29.9 Å². The molecule has 0 saturated heterocycles. The zero-order valence-corrected chi connectivity index (χ0v) is 67.0. The van der Waals surface area contributed by atoms with E-state index in [1.807, 2.05) is 146 Å². The maximum atomic E-state index is 6.56. The van der Waals surface area contributed by atoms with Gasteiger partial charge in [0.2, 0.25) is 0 Å². The average Bonchev–Trinajstić information content (AvgIpc) is 1.66. The van der Waals surface area contributed by atoms with Crippen LogP contribution in [0, 0.1) is 0 Å². The zero-order chi connectivity index (χ0) is 82.0. The summed E-state index contributed by atoms with van der Waals surface area (Å²) >= 11 is 0. The molecule has 124 heavy (non-hydrogen) atoms. The minimum Gasteiger partial charge on any atom is -0.455 e. The van der Waals surface area contributed by atoms with Gasteiger partial charge in [0.05, 0.1) is 33.4 Å². The third kappa shape index (κ3) is 13.0. The molecule has 0 unspecified atom stereocenters. The second-order valence-corrected chi connectivity index (χ2v) is 31.1. The number of rotatable bonds is 14. The summed E-state index contributed by atoms with van der Waals surface area (Å²) in [6.07, 6.45) is 0. The van der Waals surface area contributed by atoms with Gasteiger partial charge in [0.1, 0.15) is 22.3 Å². The lowest BCUT2D eigenvalue weighted by molar-refractivity contribution is 0.669. The van der Waals surface area contributed by atoms with E-state index in [-0.39, 0.29) is 0 Å². The fraction of sp³-hybridized carbons (Fsp3) is 0. The molecule has 0 spiro atoms. The third-order valence-electron chi connectivity index (χ3n) is 23.8. The summed E-state index contributed by atoms with van der Waals surface area (Å²) in [4.78, 5) is 30.5. The summed E-state index contributed by atoms with van der Waals surface area (Å²) in [6.45, 7) is 0. The molecule has 24 rings (SSSR count). The van der Waals surface area contributed by atoms with Gasteiger partial charge >= 0.3 is 0 Å². The highest BCUT2D eigenvalue weighted by Gasteiger charge is 2.26. The van der Waals surface area contributed by atoms with Crippen LogP contribution in [-0.2, 0) is 0 Å². The van der Waals surface area contributed by atoms with Crippen molar-refractivity contribution >= 4 is 87.5 Å². The van der Waals surface area contributed by atoms with Crippen molar-refractivity contribution in [2.75, 3.05) is 0 Å². The first-order valence-corrected chi connectivity index (χ1v) is 41.7. The molecule has 0 saturated carbocycles. The Bertz CT molecular complexity index is 8090. The number of aromatic nitrogens is 8. The SMILES string of the molecule is c1ccc(-c2ccc(-c3cc(-c4nc(-c5ccccc5)nc(-c5ccccc5)n4)ccc3-n3c4ccccc4c4ccc(-c5cccc6c5oc5ccccc56)cc43)cc2)cc1.c1ccc(-c2nc(-c3ccccc3)nc(-c3ccc(-n4c5ccccc5c5ccc(-c6cccc7c6oc6ccccc67)cc54)c(-c4ccccc4-c4ccccc4)c3)n2)cc1. The molecule has 0 aliphatic heterocycles. The predicted octanol–water partition coefficient (Wildman–Crippen LogP) is 29.7. The van der Waals surface area contributed by atoms with Gasteiger partial charge < -0.3 is 18.0 Å². The van der Waals surface area contributed by atoms with E-state index in [1.165, 1.54) is 27.1 Å². The van der Waals surface area contributed by atoms with Crippen LogP contribution in [0.5, 0.6) is 0 Å². The highest BCUT2D eigenvalue weighted by atomic mass is 16.3. The predicted molar refractivity (Wildman–Crippen MR) is 508 cm³/mol. The lowest BCUT2D eigenvalue weighted by atomic mass is 9.92. The van der Waals surface area contributed by atoms with Gasteiger partial charge in [-0.3, -0.25) is 0 Å². The number of para-hydroxylation sites is 6. The molecule has 24 aromatic rings. The zero-order valence-electron chi connectivity index (χ0n) is 67.0. The smallest absolute Gasteiger partial charge is 0.164 e. The van der Waals surface area contributed by atoms with Crippen LogP contribution in [-0.4, -0.2) is 39.0 Å². The molecule has 0 aliphatic carbocycles. The summed E-state index contributed by atoms with van der Waals surface area (Å²) in [5.41, 5.74) is 28.8. The molecule has 0 atom stereocenters. The van der Waals surface area contributed by atoms with E-state index in [0.29, 0.717) is 34.9 Å². The second kappa shape index (κ2) is 30.8. The van der Waals surface area contributed by atoms with Crippen molar-refractivity contribution < 1.29 is 8.83 Å². The Morgan fingerprint density at radius 3 is 0.871 bits per heavy atom. The lowest BCUT2D eigenvalue weighted by Gasteiger charge is -2.19. The molecule has 10 heteroatoms. The Morgan fingerprint density at radius 2 is 0.435 bits per heavy atom. The highest BCUT2D eigenvalue weighted by molar-refractivity contribution is 6.16. The van der Waals surface area contributed by atoms with Crippen molar-refractivity contribution in [1.82, 2.24) is 39.0 Å². The van der Waals surface area contributed by atoms with Crippen molar-refractivity contribution in [3.05, 3.63) is 437 Å². The van der Waals surface area contributed by atoms with Crippen molar-refractivity contribution in [3.63, 3.8) is 0 Å². The minimum atomic E-state index is 0.603. The second-order valence-electron chi connectivity index (χ2n) is 31.1. The van der Waals surface area contributed by atoms with Gasteiger partial charge in [0, 0.05) is 98.7 Å². The van der Waals surface area contributed by atoms with Crippen LogP contribution in [0.15, 0.2) is 446 Å². The first-order chi connectivity index (χ1) is 61.5. The normalized spacial score (nSPS) is 11.5. The maximum Gasteiger partial charge on any atom is 0.164 e. The van der Waals surface area contributed by atoms with Crippen molar-refractivity contribution in [3.8, 4) is 146 Å². The van der Waals surface area contributed by atoms with E-state index in [0.717, 1.165) is 172 Å². The van der Waals surface area contributed by atoms with Crippen molar-refractivity contribution in [1.29, 1.82) is 0 Å². The van der Waals surface area contributed by atoms with Crippen LogP contribution in [0.3, 0.4) is 0 Å². The number of benzene rings is 18. The Balaban J connectivity index is 0.000000143. The molecule has 0 amide bonds. The maximum absolute atomic E-state index is 6.56. The average molecular weight is 1590 g/mol. The van der Waals surface area contributed by atoms with Crippen LogP contribution in [0.2, 0.25) is 0 Å². The van der Waals surface area contributed by atoms with Crippen LogP contribution in [0.25, 0.3) is 234 Å². The molecule has 0 aliphatic rings. The van der Waals surface area contributed by atoms with Crippen LogP contribution < -0.4 is 0 Å². The molecule has 18 aromatic carbocycles. The van der Waals surface area contributed by atoms with E-state index in [2.05, 4.69) is 300 Å². The Hall–Kier alpha value is -16.8. The molecule has 0 bridgehead atoms. The number of nitrogens with zero attached hydrogens (tertiary/aromatic N) is 8. The lowest BCUT2D eigenvalue weighted by Crippen LogP contribution is -2.02. The molecule has 10 nitrogen and oxygen atoms in total. The number of hydrogen-bond acceptors (Lipinski definition) is 8. The van der Waals surface area contributed by atoms with E-state index in [4.69, 9.17) is 38.7 Å². The fourth-order valence-electron chi connectivity index (χ4n) is 17.9. The van der Waals surface area contributed by atoms with Crippen LogP contribution in [0.1, 0.15) is 0 Å². The quantitative estimate of drug-likeness (QED) is 0.106. The molecule has 6 aromatic heterocycles. The van der Waals surface area contributed by atoms with E-state index in [1.54, 1.807) is 0 Å². The van der Waals surface area contributed by atoms with Crippen LogP contribution in [0.4, 0.5) is 0 Å². The summed E-state index contributed by atoms with van der Waals surface area (Å²) in [5.74, 6) is 3.71. The number of hydrogen-bond donors (Lipinski definition) is 0. The third-order valence-corrected chi connectivity index (χ3v) is 23.8. The van der Waals surface area contributed by atoms with Gasteiger partial charge in [0.25, 0.3) is 0 Å². The molecule has 0 N–H and O–H groups in total. The minimum absolute atomic E-state index is 0.603. The topological polar surface area (TPSA) is 113 Å². The molecular weight excluding hydrogens is 1510 g/mol. The molecular formula is C114H72N8O2. The summed E-state index contributed by atoms with van der Waals surface area (Å²) in [7, 11) is 0. The van der Waals surface area contributed by atoms with Crippen molar-refractivity contribution in [2.24, 2.45) is 0 Å². The summed E-state index contributed by atoms with van der Waals surface area (Å²) in [6, 6.07) is 153. The highest BCUT2D eigenvalue weighted by Crippen LogP contribution is 2.47. The summed E-state index contributed by atoms with van der Waals surface area (Å²) < 4.78 is 17.9. The summed E-state index contributed by atoms with van der Waals surface area (Å²) in [5, 5.41) is 9.16. The molecule has 580 valence electrons. The molecule has 6 heterocycles. The monoisotopic (exact) mass is 1580 g/mol. The van der Waals surface area contributed by atoms with E-state index in [9.17, 15) is 0 Å². The first kappa shape index (κ1) is 72.4. The van der Waals surface area contributed by atoms with Gasteiger partial charge in [-0.1, -0.05) is 364 Å². The molecule has 0 fully saturated rings. The van der Waals surface area contributed by atoms with Gasteiger partial charge in [-0.05, 0) is 117 Å². The van der Waals surface area contributed by atoms with E-state index < -0.39 is 0 Å². The molecule has 0 radical (unpaired) electrons. The standard InChI is InChI=1S/2C57H36N4O/c1-4-15-37(16-5-1)38-27-29-39(30-28-38)49-35-43(57-59-55(40-17-6-2-7-18-40)58-56(60-57)41-19-8-3-9-20-41)32-34-51(49)61-50-25-12-10-21-45(50)46-33-31-42(36-52(46)61)44-23-14-24-48-47-22-11-13-26-53(47)62-54(44)48;1-4-17-37(18-5-1)42-23-10-11-24-44(42)49-35-41(57-59-55(38-19-6-2-7-20-38)58-56(60-57)39-21-8-3-9-22-39)32-34-51(49)61-50-29-14-12-25-45(50)46-33-31-40(36-52(46)61)43-27-16-28-48-47-26-13-15-30-53(47)62-54(43)48/h2*1-36H. The largest absolute Gasteiger partial charge is 0.455 e.